The number of nitrogens with zero attached hydrogens (tertiary/aromatic N) is 2. The van der Waals surface area contributed by atoms with Crippen molar-refractivity contribution in [3.05, 3.63) is 18.2 Å². The quantitative estimate of drug-likeness (QED) is 0.841. The van der Waals surface area contributed by atoms with E-state index in [1.165, 1.54) is 12.8 Å². The van der Waals surface area contributed by atoms with Crippen LogP contribution in [0.25, 0.3) is 11.1 Å². The molecule has 4 heteroatoms. The van der Waals surface area contributed by atoms with E-state index >= 15 is 0 Å². The predicted octanol–water partition coefficient (Wildman–Crippen LogP) is 3.03. The van der Waals surface area contributed by atoms with Crippen molar-refractivity contribution in [3.8, 4) is 0 Å². The number of anilines is 2. The highest BCUT2D eigenvalue weighted by Crippen LogP contribution is 2.34. The Hall–Kier alpha value is -1.71. The van der Waals surface area contributed by atoms with Gasteiger partial charge in [-0.2, -0.15) is 4.98 Å². The SMILES string of the molecule is CC(C)CN(c1nc2c(N)cccc2o1)C1CC1. The molecule has 0 atom stereocenters. The number of hydrogen-bond acceptors (Lipinski definition) is 4. The lowest BCUT2D eigenvalue weighted by molar-refractivity contribution is 0.525. The zero-order valence-corrected chi connectivity index (χ0v) is 10.9. The fourth-order valence-corrected chi connectivity index (χ4v) is 2.24. The van der Waals surface area contributed by atoms with E-state index in [0.717, 1.165) is 23.7 Å². The largest absolute Gasteiger partial charge is 0.423 e. The van der Waals surface area contributed by atoms with Crippen molar-refractivity contribution in [3.63, 3.8) is 0 Å². The second-order valence-corrected chi connectivity index (χ2v) is 5.47. The molecule has 1 aliphatic rings. The highest BCUT2D eigenvalue weighted by Gasteiger charge is 2.32. The van der Waals surface area contributed by atoms with E-state index in [1.807, 2.05) is 18.2 Å². The van der Waals surface area contributed by atoms with Gasteiger partial charge in [0.05, 0.1) is 5.69 Å². The number of oxazole rings is 1. The van der Waals surface area contributed by atoms with Crippen LogP contribution in [0.4, 0.5) is 11.7 Å². The molecule has 0 radical (unpaired) electrons. The third-order valence-electron chi connectivity index (χ3n) is 3.23. The highest BCUT2D eigenvalue weighted by molar-refractivity contribution is 5.86. The van der Waals surface area contributed by atoms with Gasteiger partial charge in [0.2, 0.25) is 0 Å². The number of nitrogen functional groups attached to an aromatic ring is 1. The molecule has 0 spiro atoms. The Morgan fingerprint density at radius 2 is 2.22 bits per heavy atom. The molecular weight excluding hydrogens is 226 g/mol. The van der Waals surface area contributed by atoms with E-state index in [2.05, 4.69) is 23.7 Å². The van der Waals surface area contributed by atoms with Crippen LogP contribution in [0, 0.1) is 5.92 Å². The molecular formula is C14H19N3O. The summed E-state index contributed by atoms with van der Waals surface area (Å²) in [7, 11) is 0. The molecule has 4 nitrogen and oxygen atoms in total. The Balaban J connectivity index is 1.98. The van der Waals surface area contributed by atoms with Crippen LogP contribution in [0.2, 0.25) is 0 Å². The number of hydrogen-bond donors (Lipinski definition) is 1. The molecule has 1 aromatic carbocycles. The van der Waals surface area contributed by atoms with E-state index in [9.17, 15) is 0 Å². The standard InChI is InChI=1S/C14H19N3O/c1-9(2)8-17(10-6-7-10)14-16-13-11(15)4-3-5-12(13)18-14/h3-5,9-10H,6-8,15H2,1-2H3. The molecule has 1 aromatic heterocycles. The second kappa shape index (κ2) is 4.19. The van der Waals surface area contributed by atoms with E-state index in [0.29, 0.717) is 17.6 Å². The van der Waals surface area contributed by atoms with Crippen LogP contribution in [-0.4, -0.2) is 17.6 Å². The summed E-state index contributed by atoms with van der Waals surface area (Å²) in [5.74, 6) is 0.595. The molecule has 1 heterocycles. The first kappa shape index (κ1) is 11.4. The number of para-hydroxylation sites is 1. The monoisotopic (exact) mass is 245 g/mol. The van der Waals surface area contributed by atoms with E-state index in [4.69, 9.17) is 10.2 Å². The van der Waals surface area contributed by atoms with Crippen LogP contribution in [0.5, 0.6) is 0 Å². The topological polar surface area (TPSA) is 55.3 Å². The van der Waals surface area contributed by atoms with Gasteiger partial charge in [-0.25, -0.2) is 0 Å². The van der Waals surface area contributed by atoms with Crippen LogP contribution >= 0.6 is 0 Å². The Morgan fingerprint density at radius 1 is 1.44 bits per heavy atom. The van der Waals surface area contributed by atoms with Crippen molar-refractivity contribution in [1.82, 2.24) is 4.98 Å². The zero-order chi connectivity index (χ0) is 12.7. The van der Waals surface area contributed by atoms with Gasteiger partial charge in [0, 0.05) is 12.6 Å². The van der Waals surface area contributed by atoms with Crippen molar-refractivity contribution in [2.24, 2.45) is 5.92 Å². The Kier molecular flexibility index (Phi) is 2.65. The average molecular weight is 245 g/mol. The Morgan fingerprint density at radius 3 is 2.83 bits per heavy atom. The number of rotatable bonds is 4. The van der Waals surface area contributed by atoms with Crippen LogP contribution < -0.4 is 10.6 Å². The number of fused-ring (bicyclic) bond motifs is 1. The smallest absolute Gasteiger partial charge is 0.298 e. The van der Waals surface area contributed by atoms with Crippen LogP contribution in [-0.2, 0) is 0 Å². The molecule has 2 aromatic rings. The molecule has 1 saturated carbocycles. The molecule has 1 fully saturated rings. The van der Waals surface area contributed by atoms with Crippen molar-refractivity contribution in [2.45, 2.75) is 32.7 Å². The molecule has 0 unspecified atom stereocenters. The molecule has 3 rings (SSSR count). The number of benzene rings is 1. The normalized spacial score (nSPS) is 15.5. The summed E-state index contributed by atoms with van der Waals surface area (Å²) in [6.45, 7) is 5.41. The van der Waals surface area contributed by atoms with Gasteiger partial charge in [0.25, 0.3) is 6.01 Å². The molecule has 1 aliphatic carbocycles. The lowest BCUT2D eigenvalue weighted by Crippen LogP contribution is -2.29. The molecule has 0 aliphatic heterocycles. The molecule has 0 saturated heterocycles. The summed E-state index contributed by atoms with van der Waals surface area (Å²) in [4.78, 5) is 6.84. The van der Waals surface area contributed by atoms with Gasteiger partial charge >= 0.3 is 0 Å². The van der Waals surface area contributed by atoms with Gasteiger partial charge in [0.1, 0.15) is 5.52 Å². The Bertz CT molecular complexity index is 557. The molecule has 18 heavy (non-hydrogen) atoms. The van der Waals surface area contributed by atoms with Gasteiger partial charge in [0.15, 0.2) is 5.58 Å². The third-order valence-corrected chi connectivity index (χ3v) is 3.23. The van der Waals surface area contributed by atoms with Gasteiger partial charge in [-0.3, -0.25) is 0 Å². The van der Waals surface area contributed by atoms with Crippen molar-refractivity contribution in [2.75, 3.05) is 17.2 Å². The fraction of sp³-hybridized carbons (Fsp3) is 0.500. The summed E-state index contributed by atoms with van der Waals surface area (Å²) in [5.41, 5.74) is 8.16. The maximum absolute atomic E-state index is 5.92. The first-order valence-electron chi connectivity index (χ1n) is 6.57. The van der Waals surface area contributed by atoms with Gasteiger partial charge in [-0.05, 0) is 30.9 Å². The van der Waals surface area contributed by atoms with E-state index in [-0.39, 0.29) is 0 Å². The van der Waals surface area contributed by atoms with Gasteiger partial charge < -0.3 is 15.1 Å². The van der Waals surface area contributed by atoms with Crippen LogP contribution in [0.1, 0.15) is 26.7 Å². The summed E-state index contributed by atoms with van der Waals surface area (Å²) in [5, 5.41) is 0. The molecule has 96 valence electrons. The third kappa shape index (κ3) is 2.03. The number of nitrogens with two attached hydrogens (primary N) is 1. The molecule has 2 N–H and O–H groups in total. The van der Waals surface area contributed by atoms with E-state index in [1.54, 1.807) is 0 Å². The maximum atomic E-state index is 5.92. The zero-order valence-electron chi connectivity index (χ0n) is 10.9. The highest BCUT2D eigenvalue weighted by atomic mass is 16.4. The second-order valence-electron chi connectivity index (χ2n) is 5.47. The fourth-order valence-electron chi connectivity index (χ4n) is 2.24. The minimum Gasteiger partial charge on any atom is -0.423 e. The van der Waals surface area contributed by atoms with Crippen molar-refractivity contribution in [1.29, 1.82) is 0 Å². The maximum Gasteiger partial charge on any atom is 0.298 e. The van der Waals surface area contributed by atoms with Gasteiger partial charge in [-0.1, -0.05) is 19.9 Å². The molecule has 0 amide bonds. The lowest BCUT2D eigenvalue weighted by atomic mass is 10.2. The van der Waals surface area contributed by atoms with Crippen LogP contribution in [0.3, 0.4) is 0 Å². The summed E-state index contributed by atoms with van der Waals surface area (Å²) >= 11 is 0. The summed E-state index contributed by atoms with van der Waals surface area (Å²) in [6, 6.07) is 7.00. The predicted molar refractivity (Wildman–Crippen MR) is 73.6 cm³/mol. The van der Waals surface area contributed by atoms with Crippen molar-refractivity contribution >= 4 is 22.8 Å². The minimum atomic E-state index is 0.595. The first-order valence-corrected chi connectivity index (χ1v) is 6.57. The lowest BCUT2D eigenvalue weighted by Gasteiger charge is -2.21. The summed E-state index contributed by atoms with van der Waals surface area (Å²) in [6.07, 6.45) is 2.47. The Labute approximate surface area is 107 Å². The average Bonchev–Trinajstić information content (AvgIpc) is 3.05. The summed E-state index contributed by atoms with van der Waals surface area (Å²) < 4.78 is 5.85. The van der Waals surface area contributed by atoms with Crippen LogP contribution in [0.15, 0.2) is 22.6 Å². The molecule has 0 bridgehead atoms. The van der Waals surface area contributed by atoms with E-state index < -0.39 is 0 Å². The minimum absolute atomic E-state index is 0.595. The number of aromatic nitrogens is 1. The van der Waals surface area contributed by atoms with Crippen molar-refractivity contribution < 1.29 is 4.42 Å². The first-order chi connectivity index (χ1) is 8.65. The van der Waals surface area contributed by atoms with Gasteiger partial charge in [-0.15, -0.1) is 0 Å².